The van der Waals surface area contributed by atoms with Gasteiger partial charge in [0.15, 0.2) is 5.58 Å². The Balaban J connectivity index is 0.000000309. The Morgan fingerprint density at radius 2 is 1.78 bits per heavy atom. The van der Waals surface area contributed by atoms with Crippen molar-refractivity contribution in [3.63, 3.8) is 0 Å². The number of aliphatic hydroxyl groups excluding tert-OH is 4. The molecular formula is C24H32N2O6. The smallest absolute Gasteiger partial charge is 0.227 e. The molecule has 2 unspecified atom stereocenters. The number of benzene rings is 2. The van der Waals surface area contributed by atoms with Gasteiger partial charge in [-0.15, -0.1) is 6.58 Å². The first-order valence-corrected chi connectivity index (χ1v) is 10.4. The van der Waals surface area contributed by atoms with Crippen molar-refractivity contribution in [3.8, 4) is 17.2 Å². The van der Waals surface area contributed by atoms with Crippen LogP contribution in [0.1, 0.15) is 26.2 Å². The number of anilines is 1. The molecule has 0 saturated carbocycles. The number of nitrogen functional groups attached to an aromatic ring is 1. The summed E-state index contributed by atoms with van der Waals surface area (Å²) < 4.78 is 11.1. The van der Waals surface area contributed by atoms with Gasteiger partial charge < -0.3 is 35.3 Å². The van der Waals surface area contributed by atoms with Crippen LogP contribution in [0, 0.1) is 0 Å². The van der Waals surface area contributed by atoms with E-state index in [1.54, 1.807) is 30.3 Å². The molecule has 2 aromatic carbocycles. The fourth-order valence-corrected chi connectivity index (χ4v) is 2.72. The molecule has 0 aliphatic carbocycles. The molecule has 6 N–H and O–H groups in total. The van der Waals surface area contributed by atoms with Gasteiger partial charge in [-0.1, -0.05) is 5.57 Å². The topological polar surface area (TPSA) is 142 Å². The molecule has 32 heavy (non-hydrogen) atoms. The lowest BCUT2D eigenvalue weighted by molar-refractivity contribution is 0.0536. The fraction of sp³-hybridized carbons (Fsp3) is 0.375. The van der Waals surface area contributed by atoms with Crippen LogP contribution in [0.3, 0.4) is 0 Å². The summed E-state index contributed by atoms with van der Waals surface area (Å²) in [6.45, 7) is 5.25. The highest BCUT2D eigenvalue weighted by atomic mass is 16.5. The molecule has 1 heterocycles. The van der Waals surface area contributed by atoms with Crippen LogP contribution in [-0.4, -0.2) is 57.4 Å². The Hall–Kier alpha value is -2.91. The van der Waals surface area contributed by atoms with Crippen molar-refractivity contribution < 1.29 is 29.6 Å². The Bertz CT molecular complexity index is 970. The van der Waals surface area contributed by atoms with E-state index < -0.39 is 12.2 Å². The Kier molecular flexibility index (Phi) is 10.2. The third-order valence-corrected chi connectivity index (χ3v) is 4.52. The third kappa shape index (κ3) is 8.32. The molecular weight excluding hydrogens is 412 g/mol. The molecule has 0 saturated heterocycles. The van der Waals surface area contributed by atoms with Crippen LogP contribution in [0.25, 0.3) is 22.6 Å². The van der Waals surface area contributed by atoms with Gasteiger partial charge in [-0.05, 0) is 62.6 Å². The van der Waals surface area contributed by atoms with Gasteiger partial charge in [0.25, 0.3) is 0 Å². The molecule has 0 bridgehead atoms. The zero-order chi connectivity index (χ0) is 23.5. The molecule has 0 aliphatic rings. The molecule has 0 fully saturated rings. The summed E-state index contributed by atoms with van der Waals surface area (Å²) in [5, 5.41) is 35.4. The zero-order valence-electron chi connectivity index (χ0n) is 18.3. The van der Waals surface area contributed by atoms with Gasteiger partial charge in [-0.25, -0.2) is 4.98 Å². The van der Waals surface area contributed by atoms with Gasteiger partial charge in [-0.2, -0.15) is 0 Å². The van der Waals surface area contributed by atoms with Crippen LogP contribution in [-0.2, 0) is 0 Å². The van der Waals surface area contributed by atoms with E-state index in [-0.39, 0.29) is 19.8 Å². The van der Waals surface area contributed by atoms with Crippen molar-refractivity contribution in [3.05, 3.63) is 54.6 Å². The monoisotopic (exact) mass is 444 g/mol. The van der Waals surface area contributed by atoms with Crippen molar-refractivity contribution in [1.29, 1.82) is 0 Å². The molecule has 174 valence electrons. The second kappa shape index (κ2) is 12.8. The summed E-state index contributed by atoms with van der Waals surface area (Å²) in [5.41, 5.74) is 9.60. The molecule has 0 aliphatic heterocycles. The molecule has 3 rings (SSSR count). The summed E-state index contributed by atoms with van der Waals surface area (Å²) in [6, 6.07) is 12.5. The molecule has 1 aromatic heterocycles. The maximum absolute atomic E-state index is 9.29. The average molecular weight is 445 g/mol. The third-order valence-electron chi connectivity index (χ3n) is 4.52. The predicted octanol–water partition coefficient (Wildman–Crippen LogP) is 2.90. The number of aliphatic hydroxyl groups is 4. The van der Waals surface area contributed by atoms with Crippen LogP contribution in [0.2, 0.25) is 0 Å². The van der Waals surface area contributed by atoms with Gasteiger partial charge >= 0.3 is 0 Å². The number of allylic oxidation sites excluding steroid dienone is 1. The van der Waals surface area contributed by atoms with E-state index in [4.69, 9.17) is 30.2 Å². The summed E-state index contributed by atoms with van der Waals surface area (Å²) >= 11 is 0. The van der Waals surface area contributed by atoms with Gasteiger partial charge in [0.2, 0.25) is 5.89 Å². The van der Waals surface area contributed by atoms with Crippen LogP contribution in [0.5, 0.6) is 5.75 Å². The van der Waals surface area contributed by atoms with E-state index in [2.05, 4.69) is 11.6 Å². The molecule has 8 heteroatoms. The first-order valence-electron chi connectivity index (χ1n) is 10.4. The van der Waals surface area contributed by atoms with Crippen LogP contribution >= 0.6 is 0 Å². The maximum Gasteiger partial charge on any atom is 0.227 e. The second-order valence-electron chi connectivity index (χ2n) is 7.60. The molecule has 2 atom stereocenters. The first-order chi connectivity index (χ1) is 15.3. The number of nitrogens with zero attached hydrogens (tertiary/aromatic N) is 1. The molecule has 0 radical (unpaired) electrons. The van der Waals surface area contributed by atoms with E-state index >= 15 is 0 Å². The van der Waals surface area contributed by atoms with E-state index in [1.807, 2.05) is 19.1 Å². The highest BCUT2D eigenvalue weighted by Gasteiger charge is 2.10. The van der Waals surface area contributed by atoms with Crippen molar-refractivity contribution in [2.24, 2.45) is 0 Å². The fourth-order valence-electron chi connectivity index (χ4n) is 2.72. The van der Waals surface area contributed by atoms with Crippen molar-refractivity contribution in [2.75, 3.05) is 25.6 Å². The maximum atomic E-state index is 9.29. The number of rotatable bonds is 10. The minimum absolute atomic E-state index is 0.0185. The summed E-state index contributed by atoms with van der Waals surface area (Å²) in [7, 11) is 0. The van der Waals surface area contributed by atoms with Crippen molar-refractivity contribution in [1.82, 2.24) is 4.98 Å². The minimum Gasteiger partial charge on any atom is -0.491 e. The Morgan fingerprint density at radius 1 is 1.09 bits per heavy atom. The number of nitrogens with two attached hydrogens (primary N) is 1. The van der Waals surface area contributed by atoms with Crippen molar-refractivity contribution >= 4 is 16.8 Å². The highest BCUT2D eigenvalue weighted by Crippen LogP contribution is 2.27. The van der Waals surface area contributed by atoms with Gasteiger partial charge in [0.05, 0.1) is 19.3 Å². The Labute approximate surface area is 187 Å². The van der Waals surface area contributed by atoms with E-state index in [1.165, 1.54) is 0 Å². The van der Waals surface area contributed by atoms with Crippen LogP contribution in [0.15, 0.2) is 59.0 Å². The van der Waals surface area contributed by atoms with Gasteiger partial charge in [-0.3, -0.25) is 0 Å². The Morgan fingerprint density at radius 3 is 2.41 bits per heavy atom. The molecule has 0 spiro atoms. The number of aromatic nitrogens is 1. The first kappa shape index (κ1) is 25.4. The second-order valence-corrected chi connectivity index (χ2v) is 7.60. The average Bonchev–Trinajstić information content (AvgIpc) is 3.21. The number of ether oxygens (including phenoxy) is 1. The summed E-state index contributed by atoms with van der Waals surface area (Å²) in [6.07, 6.45) is 1.08. The lowest BCUT2D eigenvalue weighted by atomic mass is 10.1. The summed E-state index contributed by atoms with van der Waals surface area (Å²) in [5.74, 6) is 1.06. The van der Waals surface area contributed by atoms with Crippen LogP contribution in [0.4, 0.5) is 5.69 Å². The molecule has 8 nitrogen and oxygen atoms in total. The number of oxazole rings is 1. The number of hydrogen-bond acceptors (Lipinski definition) is 8. The standard InChI is InChI=1S/C16H16N2O4.C8H16O2/c17-11-3-1-10(2-4-11)16-18-14-7-13(5-6-15(14)22-16)21-9-12(20)8-19;1-7(2)4-3-5-8(10)6-9/h1-7,12,19-20H,8-9,17H2;8-10H,1,3-6H2,2H3. The van der Waals surface area contributed by atoms with E-state index in [9.17, 15) is 5.11 Å². The zero-order valence-corrected chi connectivity index (χ0v) is 18.3. The minimum atomic E-state index is -0.904. The van der Waals surface area contributed by atoms with Gasteiger partial charge in [0, 0.05) is 17.3 Å². The predicted molar refractivity (Wildman–Crippen MR) is 124 cm³/mol. The molecule has 0 amide bonds. The lowest BCUT2D eigenvalue weighted by Gasteiger charge is -2.09. The normalized spacial score (nSPS) is 12.7. The van der Waals surface area contributed by atoms with E-state index in [0.29, 0.717) is 34.8 Å². The largest absolute Gasteiger partial charge is 0.491 e. The molecule has 3 aromatic rings. The lowest BCUT2D eigenvalue weighted by Crippen LogP contribution is -2.21. The van der Waals surface area contributed by atoms with Gasteiger partial charge in [0.1, 0.15) is 24.0 Å². The highest BCUT2D eigenvalue weighted by molar-refractivity contribution is 5.77. The van der Waals surface area contributed by atoms with Crippen LogP contribution < -0.4 is 10.5 Å². The van der Waals surface area contributed by atoms with E-state index in [0.717, 1.165) is 24.0 Å². The number of fused-ring (bicyclic) bond motifs is 1. The number of hydrogen-bond donors (Lipinski definition) is 5. The SMILES string of the molecule is C=C(C)CCCC(O)CO.Nc1ccc(-c2nc3cc(OCC(O)CO)ccc3o2)cc1. The van der Waals surface area contributed by atoms with Crippen molar-refractivity contribution in [2.45, 2.75) is 38.4 Å². The quantitative estimate of drug-likeness (QED) is 0.237. The summed E-state index contributed by atoms with van der Waals surface area (Å²) in [4.78, 5) is 4.42.